The van der Waals surface area contributed by atoms with Crippen LogP contribution >= 0.6 is 11.3 Å². The molecular weight excluding hydrogens is 424 g/mol. The first-order valence-electron chi connectivity index (χ1n) is 8.83. The quantitative estimate of drug-likeness (QED) is 0.711. The summed E-state index contributed by atoms with van der Waals surface area (Å²) in [6.45, 7) is 0.329. The molecule has 0 bridgehead atoms. The Morgan fingerprint density at radius 1 is 1.17 bits per heavy atom. The Balaban J connectivity index is 1.47. The van der Waals surface area contributed by atoms with Crippen molar-refractivity contribution >= 4 is 33.2 Å². The van der Waals surface area contributed by atoms with Crippen LogP contribution < -0.4 is 10.0 Å². The standard InChI is InChI=1S/C18H19F2N3O4S2/c19-12-3-4-14(15(20)10-12)18(25)21-11-16(24)23-7-5-13(6-8-23)22-29(26,27)17-2-1-9-28-17/h1-4,9-10,13,22H,5-8,11H2,(H,21,25). The van der Waals surface area contributed by atoms with Crippen molar-refractivity contribution in [2.45, 2.75) is 23.1 Å². The third-order valence-electron chi connectivity index (χ3n) is 4.51. The van der Waals surface area contributed by atoms with Crippen LogP contribution in [0.2, 0.25) is 0 Å². The summed E-state index contributed by atoms with van der Waals surface area (Å²) in [6, 6.07) is 5.47. The molecule has 0 radical (unpaired) electrons. The molecule has 1 saturated heterocycles. The van der Waals surface area contributed by atoms with Crippen molar-refractivity contribution in [1.29, 1.82) is 0 Å². The predicted molar refractivity (Wildman–Crippen MR) is 103 cm³/mol. The smallest absolute Gasteiger partial charge is 0.254 e. The zero-order chi connectivity index (χ0) is 21.0. The average Bonchev–Trinajstić information content (AvgIpc) is 3.22. The zero-order valence-electron chi connectivity index (χ0n) is 15.2. The number of piperidine rings is 1. The molecule has 0 unspecified atom stereocenters. The van der Waals surface area contributed by atoms with E-state index in [2.05, 4.69) is 10.0 Å². The Kier molecular flexibility index (Phi) is 6.60. The summed E-state index contributed by atoms with van der Waals surface area (Å²) in [5.41, 5.74) is -0.346. The highest BCUT2D eigenvalue weighted by Gasteiger charge is 2.27. The minimum Gasteiger partial charge on any atom is -0.343 e. The van der Waals surface area contributed by atoms with Crippen LogP contribution in [0.15, 0.2) is 39.9 Å². The van der Waals surface area contributed by atoms with Gasteiger partial charge in [-0.2, -0.15) is 0 Å². The SMILES string of the molecule is O=C(NCC(=O)N1CCC(NS(=O)(=O)c2cccs2)CC1)c1ccc(F)cc1F. The van der Waals surface area contributed by atoms with Gasteiger partial charge in [0.2, 0.25) is 15.9 Å². The van der Waals surface area contributed by atoms with Crippen molar-refractivity contribution in [2.24, 2.45) is 0 Å². The van der Waals surface area contributed by atoms with Crippen LogP contribution in [0.5, 0.6) is 0 Å². The summed E-state index contributed by atoms with van der Waals surface area (Å²) in [4.78, 5) is 25.7. The number of nitrogens with zero attached hydrogens (tertiary/aromatic N) is 1. The van der Waals surface area contributed by atoms with Crippen LogP contribution in [0.1, 0.15) is 23.2 Å². The van der Waals surface area contributed by atoms with E-state index in [4.69, 9.17) is 0 Å². The normalized spacial score (nSPS) is 15.3. The van der Waals surface area contributed by atoms with Gasteiger partial charge >= 0.3 is 0 Å². The maximum absolute atomic E-state index is 13.6. The van der Waals surface area contributed by atoms with Crippen LogP contribution in [0.4, 0.5) is 8.78 Å². The van der Waals surface area contributed by atoms with E-state index in [1.807, 2.05) is 0 Å². The van der Waals surface area contributed by atoms with Gasteiger partial charge in [-0.3, -0.25) is 9.59 Å². The monoisotopic (exact) mass is 443 g/mol. The van der Waals surface area contributed by atoms with E-state index in [1.54, 1.807) is 11.4 Å². The van der Waals surface area contributed by atoms with Gasteiger partial charge in [0.25, 0.3) is 5.91 Å². The maximum Gasteiger partial charge on any atom is 0.254 e. The van der Waals surface area contributed by atoms with E-state index in [-0.39, 0.29) is 28.3 Å². The van der Waals surface area contributed by atoms with E-state index >= 15 is 0 Å². The molecule has 7 nitrogen and oxygen atoms in total. The van der Waals surface area contributed by atoms with Gasteiger partial charge in [0.15, 0.2) is 0 Å². The highest BCUT2D eigenvalue weighted by molar-refractivity contribution is 7.91. The summed E-state index contributed by atoms with van der Waals surface area (Å²) in [7, 11) is -3.57. The van der Waals surface area contributed by atoms with Crippen LogP contribution in [0.3, 0.4) is 0 Å². The Morgan fingerprint density at radius 3 is 2.52 bits per heavy atom. The minimum absolute atomic E-state index is 0.242. The minimum atomic E-state index is -3.57. The van der Waals surface area contributed by atoms with Gasteiger partial charge < -0.3 is 10.2 Å². The number of likely N-dealkylation sites (tertiary alicyclic amines) is 1. The molecule has 0 atom stereocenters. The first-order valence-corrected chi connectivity index (χ1v) is 11.2. The van der Waals surface area contributed by atoms with E-state index in [1.165, 1.54) is 11.0 Å². The molecule has 3 rings (SSSR count). The summed E-state index contributed by atoms with van der Waals surface area (Å²) >= 11 is 1.13. The molecule has 2 heterocycles. The van der Waals surface area contributed by atoms with E-state index in [9.17, 15) is 26.8 Å². The molecule has 2 amide bonds. The highest BCUT2D eigenvalue weighted by atomic mass is 32.2. The van der Waals surface area contributed by atoms with Crippen molar-refractivity contribution in [3.63, 3.8) is 0 Å². The van der Waals surface area contributed by atoms with Gasteiger partial charge in [-0.25, -0.2) is 21.9 Å². The number of amides is 2. The van der Waals surface area contributed by atoms with Crippen molar-refractivity contribution in [1.82, 2.24) is 14.9 Å². The second kappa shape index (κ2) is 8.97. The van der Waals surface area contributed by atoms with E-state index in [0.717, 1.165) is 23.5 Å². The number of hydrogen-bond acceptors (Lipinski definition) is 5. The number of halogens is 2. The van der Waals surface area contributed by atoms with Gasteiger partial charge in [-0.05, 0) is 36.4 Å². The summed E-state index contributed by atoms with van der Waals surface area (Å²) < 4.78 is 53.9. The Morgan fingerprint density at radius 2 is 1.90 bits per heavy atom. The summed E-state index contributed by atoms with van der Waals surface area (Å²) in [6.07, 6.45) is 0.883. The molecule has 1 aromatic heterocycles. The second-order valence-electron chi connectivity index (χ2n) is 6.52. The van der Waals surface area contributed by atoms with Gasteiger partial charge in [-0.15, -0.1) is 11.3 Å². The van der Waals surface area contributed by atoms with Crippen molar-refractivity contribution in [3.05, 3.63) is 52.9 Å². The van der Waals surface area contributed by atoms with Crippen LogP contribution in [0, 0.1) is 11.6 Å². The zero-order valence-corrected chi connectivity index (χ0v) is 16.9. The van der Waals surface area contributed by atoms with Crippen LogP contribution in [0.25, 0.3) is 0 Å². The lowest BCUT2D eigenvalue weighted by atomic mass is 10.1. The van der Waals surface area contributed by atoms with Crippen molar-refractivity contribution in [2.75, 3.05) is 19.6 Å². The van der Waals surface area contributed by atoms with Crippen LogP contribution in [-0.2, 0) is 14.8 Å². The van der Waals surface area contributed by atoms with Gasteiger partial charge in [0.1, 0.15) is 15.8 Å². The number of thiophene rings is 1. The second-order valence-corrected chi connectivity index (χ2v) is 9.40. The Hall–Kier alpha value is -2.37. The molecule has 0 saturated carbocycles. The molecule has 2 N–H and O–H groups in total. The fourth-order valence-electron chi connectivity index (χ4n) is 2.98. The molecule has 1 aliphatic heterocycles. The fourth-order valence-corrected chi connectivity index (χ4v) is 5.29. The first-order chi connectivity index (χ1) is 13.8. The first kappa shape index (κ1) is 21.3. The molecule has 11 heteroatoms. The van der Waals surface area contributed by atoms with Crippen molar-refractivity contribution < 1.29 is 26.8 Å². The molecule has 156 valence electrons. The van der Waals surface area contributed by atoms with Crippen molar-refractivity contribution in [3.8, 4) is 0 Å². The van der Waals surface area contributed by atoms with Gasteiger partial charge in [0, 0.05) is 25.2 Å². The topological polar surface area (TPSA) is 95.6 Å². The number of benzene rings is 1. The molecule has 29 heavy (non-hydrogen) atoms. The largest absolute Gasteiger partial charge is 0.343 e. The number of carbonyl (C=O) groups is 2. The summed E-state index contributed by atoms with van der Waals surface area (Å²) in [5.74, 6) is -2.98. The maximum atomic E-state index is 13.6. The van der Waals surface area contributed by atoms with Gasteiger partial charge in [-0.1, -0.05) is 6.07 Å². The molecule has 0 spiro atoms. The predicted octanol–water partition coefficient (Wildman–Crippen LogP) is 1.73. The number of nitrogens with one attached hydrogen (secondary N) is 2. The lowest BCUT2D eigenvalue weighted by molar-refractivity contribution is -0.131. The Bertz CT molecular complexity index is 989. The molecule has 1 aliphatic rings. The third-order valence-corrected chi connectivity index (χ3v) is 7.42. The number of sulfonamides is 1. The Labute approximate surface area is 170 Å². The fraction of sp³-hybridized carbons (Fsp3) is 0.333. The van der Waals surface area contributed by atoms with Gasteiger partial charge in [0.05, 0.1) is 12.1 Å². The lowest BCUT2D eigenvalue weighted by Gasteiger charge is -2.32. The molecule has 1 aromatic carbocycles. The molecular formula is C18H19F2N3O4S2. The number of rotatable bonds is 6. The molecule has 0 aliphatic carbocycles. The molecule has 2 aromatic rings. The highest BCUT2D eigenvalue weighted by Crippen LogP contribution is 2.19. The average molecular weight is 443 g/mol. The van der Waals surface area contributed by atoms with E-state index < -0.39 is 27.6 Å². The summed E-state index contributed by atoms with van der Waals surface area (Å²) in [5, 5.41) is 4.00. The van der Waals surface area contributed by atoms with Crippen LogP contribution in [-0.4, -0.2) is 50.8 Å². The molecule has 1 fully saturated rings. The number of carbonyl (C=O) groups excluding carboxylic acids is 2. The lowest BCUT2D eigenvalue weighted by Crippen LogP contribution is -2.48. The third kappa shape index (κ3) is 5.37. The number of hydrogen-bond donors (Lipinski definition) is 2. The van der Waals surface area contributed by atoms with E-state index in [0.29, 0.717) is 32.0 Å².